The number of benzene rings is 1. The number of anilines is 1. The summed E-state index contributed by atoms with van der Waals surface area (Å²) < 4.78 is 29.0. The van der Waals surface area contributed by atoms with E-state index in [0.29, 0.717) is 22.0 Å². The molecule has 1 N–H and O–H groups in total. The molecule has 0 spiro atoms. The van der Waals surface area contributed by atoms with Gasteiger partial charge in [-0.15, -0.1) is 11.3 Å². The first-order valence-electron chi connectivity index (χ1n) is 9.40. The van der Waals surface area contributed by atoms with Gasteiger partial charge in [-0.25, -0.2) is 9.18 Å². The molecule has 0 aliphatic carbocycles. The number of hydrogen-bond donors (Lipinski definition) is 1. The molecule has 0 saturated carbocycles. The van der Waals surface area contributed by atoms with Gasteiger partial charge in [0.15, 0.2) is 11.5 Å². The Hall–Kier alpha value is -3.46. The minimum Gasteiger partial charge on any atom is -0.486 e. The molecular weight excluding hydrogens is 425 g/mol. The zero-order valence-electron chi connectivity index (χ0n) is 17.1. The lowest BCUT2D eigenvalue weighted by Gasteiger charge is -2.06. The largest absolute Gasteiger partial charge is 0.486 e. The number of ketones is 1. The predicted octanol–water partition coefficient (Wildman–Crippen LogP) is 5.00. The number of carbonyl (C=O) groups is 3. The maximum absolute atomic E-state index is 12.9. The van der Waals surface area contributed by atoms with E-state index < -0.39 is 11.9 Å². The Labute approximate surface area is 181 Å². The van der Waals surface area contributed by atoms with E-state index >= 15 is 0 Å². The van der Waals surface area contributed by atoms with Crippen molar-refractivity contribution in [3.63, 3.8) is 0 Å². The first-order chi connectivity index (χ1) is 14.8. The number of halogens is 1. The van der Waals surface area contributed by atoms with Gasteiger partial charge in [-0.05, 0) is 62.7 Å². The highest BCUT2D eigenvalue weighted by molar-refractivity contribution is 7.18. The van der Waals surface area contributed by atoms with E-state index in [0.717, 1.165) is 11.3 Å². The van der Waals surface area contributed by atoms with Crippen LogP contribution in [0.5, 0.6) is 5.75 Å². The van der Waals surface area contributed by atoms with Crippen molar-refractivity contribution in [1.29, 1.82) is 0 Å². The number of ether oxygens (including phenoxy) is 2. The summed E-state index contributed by atoms with van der Waals surface area (Å²) in [5, 5.41) is 2.84. The molecule has 0 radical (unpaired) electrons. The van der Waals surface area contributed by atoms with Gasteiger partial charge in [0, 0.05) is 0 Å². The quantitative estimate of drug-likeness (QED) is 0.387. The second-order valence-electron chi connectivity index (χ2n) is 6.50. The number of furan rings is 1. The minimum atomic E-state index is -0.619. The fourth-order valence-corrected chi connectivity index (χ4v) is 3.90. The van der Waals surface area contributed by atoms with Crippen molar-refractivity contribution in [1.82, 2.24) is 0 Å². The Morgan fingerprint density at radius 1 is 1.13 bits per heavy atom. The molecule has 2 heterocycles. The molecule has 162 valence electrons. The molecule has 1 aromatic carbocycles. The molecule has 31 heavy (non-hydrogen) atoms. The summed E-state index contributed by atoms with van der Waals surface area (Å²) in [6.07, 6.45) is 0. The predicted molar refractivity (Wildman–Crippen MR) is 112 cm³/mol. The third kappa shape index (κ3) is 5.18. The van der Waals surface area contributed by atoms with Gasteiger partial charge < -0.3 is 19.2 Å². The molecule has 3 rings (SSSR count). The number of nitrogens with one attached hydrogen (secondary N) is 1. The van der Waals surface area contributed by atoms with E-state index in [1.54, 1.807) is 19.9 Å². The van der Waals surface area contributed by atoms with Crippen LogP contribution in [-0.2, 0) is 11.3 Å². The summed E-state index contributed by atoms with van der Waals surface area (Å²) in [7, 11) is 0. The van der Waals surface area contributed by atoms with Crippen LogP contribution >= 0.6 is 11.3 Å². The zero-order chi connectivity index (χ0) is 22.5. The van der Waals surface area contributed by atoms with Crippen LogP contribution in [0.3, 0.4) is 0 Å². The van der Waals surface area contributed by atoms with E-state index in [2.05, 4.69) is 5.32 Å². The maximum Gasteiger partial charge on any atom is 0.341 e. The van der Waals surface area contributed by atoms with Gasteiger partial charge in [0.2, 0.25) is 0 Å². The number of hydrogen-bond acceptors (Lipinski definition) is 7. The van der Waals surface area contributed by atoms with Crippen LogP contribution in [-0.4, -0.2) is 24.3 Å². The lowest BCUT2D eigenvalue weighted by atomic mass is 10.1. The molecule has 1 amide bonds. The standard InChI is InChI=1S/C22H20FNO6S/c1-4-28-22(27)18-12(2)19(13(3)25)31-21(18)24-20(26)17-10-9-16(30-17)11-29-15-7-5-14(23)6-8-15/h5-10H,4,11H2,1-3H3,(H,24,26). The normalized spacial score (nSPS) is 10.6. The summed E-state index contributed by atoms with van der Waals surface area (Å²) >= 11 is 1.01. The number of Topliss-reactive ketones (excluding diaryl/α,β-unsaturated/α-hetero) is 1. The average molecular weight is 445 g/mol. The van der Waals surface area contributed by atoms with Crippen molar-refractivity contribution < 1.29 is 32.7 Å². The number of thiophene rings is 1. The number of esters is 1. The van der Waals surface area contributed by atoms with Crippen molar-refractivity contribution in [2.24, 2.45) is 0 Å². The fraction of sp³-hybridized carbons (Fsp3) is 0.227. The number of rotatable bonds is 8. The molecule has 0 atom stereocenters. The third-order valence-electron chi connectivity index (χ3n) is 4.25. The summed E-state index contributed by atoms with van der Waals surface area (Å²) in [5.74, 6) is -0.958. The van der Waals surface area contributed by atoms with Crippen molar-refractivity contribution in [2.45, 2.75) is 27.4 Å². The van der Waals surface area contributed by atoms with Crippen molar-refractivity contribution in [2.75, 3.05) is 11.9 Å². The number of amides is 1. The molecule has 0 unspecified atom stereocenters. The van der Waals surface area contributed by atoms with Gasteiger partial charge in [0.25, 0.3) is 5.91 Å². The van der Waals surface area contributed by atoms with Crippen LogP contribution in [0.4, 0.5) is 9.39 Å². The van der Waals surface area contributed by atoms with Crippen LogP contribution in [0, 0.1) is 12.7 Å². The monoisotopic (exact) mass is 445 g/mol. The van der Waals surface area contributed by atoms with E-state index in [1.165, 1.54) is 37.3 Å². The summed E-state index contributed by atoms with van der Waals surface area (Å²) in [4.78, 5) is 37.2. The SMILES string of the molecule is CCOC(=O)c1c(NC(=O)c2ccc(COc3ccc(F)cc3)o2)sc(C(C)=O)c1C. The molecule has 0 fully saturated rings. The Morgan fingerprint density at radius 3 is 2.48 bits per heavy atom. The molecule has 3 aromatic rings. The van der Waals surface area contributed by atoms with E-state index in [4.69, 9.17) is 13.9 Å². The second kappa shape index (κ2) is 9.57. The van der Waals surface area contributed by atoms with Gasteiger partial charge in [-0.1, -0.05) is 0 Å². The molecule has 9 heteroatoms. The van der Waals surface area contributed by atoms with Crippen LogP contribution in [0.1, 0.15) is 55.8 Å². The average Bonchev–Trinajstić information content (AvgIpc) is 3.32. The van der Waals surface area contributed by atoms with E-state index in [1.807, 2.05) is 0 Å². The first kappa shape index (κ1) is 22.2. The lowest BCUT2D eigenvalue weighted by Crippen LogP contribution is -2.14. The highest BCUT2D eigenvalue weighted by atomic mass is 32.1. The van der Waals surface area contributed by atoms with Crippen LogP contribution in [0.25, 0.3) is 0 Å². The van der Waals surface area contributed by atoms with E-state index in [9.17, 15) is 18.8 Å². The van der Waals surface area contributed by atoms with Gasteiger partial charge >= 0.3 is 5.97 Å². The maximum atomic E-state index is 12.9. The molecular formula is C22H20FNO6S. The van der Waals surface area contributed by atoms with Crippen LogP contribution in [0.15, 0.2) is 40.8 Å². The molecule has 0 bridgehead atoms. The van der Waals surface area contributed by atoms with Crippen molar-refractivity contribution in [3.05, 3.63) is 69.7 Å². The van der Waals surface area contributed by atoms with Crippen molar-refractivity contribution >= 4 is 34.0 Å². The fourth-order valence-electron chi connectivity index (χ4n) is 2.81. The Kier molecular flexibility index (Phi) is 6.86. The summed E-state index contributed by atoms with van der Waals surface area (Å²) in [6, 6.07) is 8.55. The molecule has 0 saturated heterocycles. The van der Waals surface area contributed by atoms with Gasteiger partial charge in [0.05, 0.1) is 17.0 Å². The zero-order valence-corrected chi connectivity index (χ0v) is 17.9. The Morgan fingerprint density at radius 2 is 1.84 bits per heavy atom. The number of carbonyl (C=O) groups excluding carboxylic acids is 3. The summed E-state index contributed by atoms with van der Waals surface area (Å²) in [5.41, 5.74) is 0.607. The third-order valence-corrected chi connectivity index (χ3v) is 5.56. The van der Waals surface area contributed by atoms with E-state index in [-0.39, 0.29) is 41.1 Å². The highest BCUT2D eigenvalue weighted by Crippen LogP contribution is 2.34. The smallest absolute Gasteiger partial charge is 0.341 e. The van der Waals surface area contributed by atoms with Crippen molar-refractivity contribution in [3.8, 4) is 5.75 Å². The minimum absolute atomic E-state index is 0.00273. The highest BCUT2D eigenvalue weighted by Gasteiger charge is 2.26. The molecule has 7 nitrogen and oxygen atoms in total. The van der Waals surface area contributed by atoms with Gasteiger partial charge in [0.1, 0.15) is 28.9 Å². The summed E-state index contributed by atoms with van der Waals surface area (Å²) in [6.45, 7) is 4.89. The topological polar surface area (TPSA) is 94.8 Å². The van der Waals surface area contributed by atoms with Gasteiger partial charge in [-0.2, -0.15) is 0 Å². The molecule has 0 aliphatic rings. The Balaban J connectivity index is 1.74. The molecule has 0 aliphatic heterocycles. The Bertz CT molecular complexity index is 1120. The van der Waals surface area contributed by atoms with Crippen LogP contribution < -0.4 is 10.1 Å². The second-order valence-corrected chi connectivity index (χ2v) is 7.52. The molecule has 2 aromatic heterocycles. The van der Waals surface area contributed by atoms with Crippen LogP contribution in [0.2, 0.25) is 0 Å². The lowest BCUT2D eigenvalue weighted by molar-refractivity contribution is 0.0527. The first-order valence-corrected chi connectivity index (χ1v) is 10.2. The van der Waals surface area contributed by atoms with Gasteiger partial charge in [-0.3, -0.25) is 9.59 Å².